The molecule has 0 radical (unpaired) electrons. The van der Waals surface area contributed by atoms with Crippen LogP contribution in [0.15, 0.2) is 12.1 Å². The Morgan fingerprint density at radius 2 is 1.60 bits per heavy atom. The van der Waals surface area contributed by atoms with Crippen molar-refractivity contribution < 1.29 is 26.3 Å². The monoisotopic (exact) mass is 521 g/mol. The Balaban J connectivity index is 2.69. The number of hydrogen-bond acceptors (Lipinski definition) is 1. The van der Waals surface area contributed by atoms with E-state index in [4.69, 9.17) is 0 Å². The van der Waals surface area contributed by atoms with E-state index < -0.39 is 29.0 Å². The van der Waals surface area contributed by atoms with Gasteiger partial charge < -0.3 is 3.53 Å². The van der Waals surface area contributed by atoms with Gasteiger partial charge in [-0.25, -0.2) is 0 Å². The third-order valence-electron chi connectivity index (χ3n) is 3.31. The second-order valence-electron chi connectivity index (χ2n) is 4.55. The summed E-state index contributed by atoms with van der Waals surface area (Å²) in [6, 6.07) is 2.02. The largest absolute Gasteiger partial charge is 0.418 e. The highest BCUT2D eigenvalue weighted by Gasteiger charge is 2.65. The molecule has 1 aromatic carbocycles. The van der Waals surface area contributed by atoms with Gasteiger partial charge in [0, 0.05) is 3.57 Å². The van der Waals surface area contributed by atoms with E-state index >= 15 is 0 Å². The fourth-order valence-corrected chi connectivity index (χ4v) is 3.34. The van der Waals surface area contributed by atoms with Gasteiger partial charge in [0.05, 0.1) is 39.5 Å². The van der Waals surface area contributed by atoms with Crippen molar-refractivity contribution >= 4 is 51.1 Å². The highest BCUT2D eigenvalue weighted by molar-refractivity contribution is 14.1. The lowest BCUT2D eigenvalue weighted by Gasteiger charge is -2.25. The van der Waals surface area contributed by atoms with E-state index in [9.17, 15) is 26.3 Å². The minimum atomic E-state index is -4.70. The lowest BCUT2D eigenvalue weighted by Crippen LogP contribution is -2.30. The van der Waals surface area contributed by atoms with Crippen molar-refractivity contribution in [1.82, 2.24) is 0 Å². The summed E-state index contributed by atoms with van der Waals surface area (Å²) in [4.78, 5) is 0. The van der Waals surface area contributed by atoms with Gasteiger partial charge >= 0.3 is 12.4 Å². The Labute approximate surface area is 138 Å². The normalized spacial score (nSPS) is 18.0. The first kappa shape index (κ1) is 16.4. The van der Waals surface area contributed by atoms with E-state index in [1.807, 2.05) is 0 Å². The number of rotatable bonds is 2. The number of nitrogens with one attached hydrogen (secondary N) is 1. The molecule has 1 fully saturated rings. The van der Waals surface area contributed by atoms with Crippen molar-refractivity contribution in [2.45, 2.75) is 30.6 Å². The van der Waals surface area contributed by atoms with Gasteiger partial charge in [-0.05, 0) is 53.1 Å². The Morgan fingerprint density at radius 1 is 1.05 bits per heavy atom. The molecule has 112 valence electrons. The molecule has 0 aromatic heterocycles. The zero-order valence-electron chi connectivity index (χ0n) is 9.59. The average Bonchev–Trinajstić information content (AvgIpc) is 3.06. The molecular formula is C11H7F6I2N. The van der Waals surface area contributed by atoms with Crippen LogP contribution in [0.3, 0.4) is 0 Å². The molecule has 0 heterocycles. The number of alkyl halides is 6. The average molecular weight is 521 g/mol. The summed E-state index contributed by atoms with van der Waals surface area (Å²) in [6.45, 7) is 0. The van der Waals surface area contributed by atoms with Crippen LogP contribution in [0.5, 0.6) is 0 Å². The fraction of sp³-hybridized carbons (Fsp3) is 0.455. The van der Waals surface area contributed by atoms with Crippen LogP contribution in [0, 0.1) is 3.57 Å². The Morgan fingerprint density at radius 3 is 1.95 bits per heavy atom. The Bertz CT molecular complexity index is 533. The third-order valence-corrected chi connectivity index (χ3v) is 4.47. The van der Waals surface area contributed by atoms with Crippen LogP contribution in [-0.4, -0.2) is 6.18 Å². The lowest BCUT2D eigenvalue weighted by atomic mass is 9.91. The molecule has 0 aliphatic heterocycles. The SMILES string of the molecule is FC(F)(F)c1cc(I)cc(C2(C(F)(F)F)CC2)c1NI. The molecule has 9 heteroatoms. The van der Waals surface area contributed by atoms with Gasteiger partial charge in [-0.3, -0.25) is 0 Å². The molecule has 1 saturated carbocycles. The van der Waals surface area contributed by atoms with Crippen LogP contribution in [-0.2, 0) is 11.6 Å². The molecule has 2 rings (SSSR count). The van der Waals surface area contributed by atoms with E-state index in [0.29, 0.717) is 0 Å². The number of halogens is 8. The van der Waals surface area contributed by atoms with Crippen LogP contribution >= 0.6 is 45.5 Å². The van der Waals surface area contributed by atoms with Crippen molar-refractivity contribution in [3.63, 3.8) is 0 Å². The van der Waals surface area contributed by atoms with Crippen LogP contribution in [0.2, 0.25) is 0 Å². The molecule has 1 N–H and O–H groups in total. The molecular weight excluding hydrogens is 514 g/mol. The molecule has 1 nitrogen and oxygen atoms in total. The Kier molecular flexibility index (Phi) is 4.15. The van der Waals surface area contributed by atoms with Crippen molar-refractivity contribution in [3.8, 4) is 0 Å². The second kappa shape index (κ2) is 5.06. The molecule has 0 amide bonds. The predicted molar refractivity (Wildman–Crippen MR) is 78.8 cm³/mol. The highest BCUT2D eigenvalue weighted by Crippen LogP contribution is 2.61. The van der Waals surface area contributed by atoms with Crippen LogP contribution in [0.25, 0.3) is 0 Å². The van der Waals surface area contributed by atoms with Gasteiger partial charge in [-0.15, -0.1) is 0 Å². The van der Waals surface area contributed by atoms with Crippen molar-refractivity contribution in [3.05, 3.63) is 26.8 Å². The first-order valence-electron chi connectivity index (χ1n) is 5.37. The zero-order valence-corrected chi connectivity index (χ0v) is 13.9. The smallest absolute Gasteiger partial charge is 0.328 e. The van der Waals surface area contributed by atoms with Gasteiger partial charge in [-0.1, -0.05) is 0 Å². The number of benzene rings is 1. The maximum Gasteiger partial charge on any atom is 0.418 e. The summed E-state index contributed by atoms with van der Waals surface area (Å²) < 4.78 is 80.7. The maximum absolute atomic E-state index is 13.1. The first-order valence-corrected chi connectivity index (χ1v) is 7.53. The van der Waals surface area contributed by atoms with Gasteiger partial charge in [0.1, 0.15) is 0 Å². The molecule has 0 spiro atoms. The second-order valence-corrected chi connectivity index (χ2v) is 6.33. The van der Waals surface area contributed by atoms with Crippen molar-refractivity contribution in [2.75, 3.05) is 3.53 Å². The summed E-state index contributed by atoms with van der Waals surface area (Å²) >= 11 is 3.03. The quantitative estimate of drug-likeness (QED) is 0.301. The maximum atomic E-state index is 13.1. The van der Waals surface area contributed by atoms with Gasteiger partial charge in [0.25, 0.3) is 0 Å². The predicted octanol–water partition coefficient (Wildman–Crippen LogP) is 5.67. The minimum Gasteiger partial charge on any atom is -0.328 e. The van der Waals surface area contributed by atoms with Crippen molar-refractivity contribution in [2.24, 2.45) is 0 Å². The molecule has 1 aliphatic carbocycles. The van der Waals surface area contributed by atoms with Crippen LogP contribution in [0.4, 0.5) is 32.0 Å². The van der Waals surface area contributed by atoms with E-state index in [1.165, 1.54) is 28.9 Å². The van der Waals surface area contributed by atoms with Crippen LogP contribution < -0.4 is 3.53 Å². The molecule has 0 bridgehead atoms. The van der Waals surface area contributed by atoms with E-state index in [0.717, 1.165) is 6.07 Å². The van der Waals surface area contributed by atoms with Gasteiger partial charge in [0.15, 0.2) is 0 Å². The molecule has 0 unspecified atom stereocenters. The van der Waals surface area contributed by atoms with E-state index in [2.05, 4.69) is 3.53 Å². The van der Waals surface area contributed by atoms with Gasteiger partial charge in [0.2, 0.25) is 0 Å². The summed E-state index contributed by atoms with van der Waals surface area (Å²) in [5.41, 5.74) is -4.03. The van der Waals surface area contributed by atoms with Crippen molar-refractivity contribution in [1.29, 1.82) is 0 Å². The van der Waals surface area contributed by atoms with Gasteiger partial charge in [-0.2, -0.15) is 26.3 Å². The summed E-state index contributed by atoms with van der Waals surface area (Å²) in [5, 5.41) is 0. The molecule has 1 aliphatic rings. The highest BCUT2D eigenvalue weighted by atomic mass is 127. The van der Waals surface area contributed by atoms with Crippen LogP contribution in [0.1, 0.15) is 24.0 Å². The summed E-state index contributed by atoms with van der Waals surface area (Å²) in [6.07, 6.45) is -9.62. The van der Waals surface area contributed by atoms with E-state index in [1.54, 1.807) is 22.6 Å². The zero-order chi connectivity index (χ0) is 15.3. The lowest BCUT2D eigenvalue weighted by molar-refractivity contribution is -0.161. The Hall–Kier alpha value is 0.0600. The number of hydrogen-bond donors (Lipinski definition) is 1. The third kappa shape index (κ3) is 2.71. The molecule has 20 heavy (non-hydrogen) atoms. The van der Waals surface area contributed by atoms with E-state index in [-0.39, 0.29) is 22.0 Å². The molecule has 0 atom stereocenters. The minimum absolute atomic E-state index is 0.135. The fourth-order valence-electron chi connectivity index (χ4n) is 2.14. The topological polar surface area (TPSA) is 12.0 Å². The number of anilines is 1. The first-order chi connectivity index (χ1) is 9.03. The molecule has 1 aromatic rings. The molecule has 0 saturated heterocycles. The summed E-state index contributed by atoms with van der Waals surface area (Å²) in [7, 11) is 0. The summed E-state index contributed by atoms with van der Waals surface area (Å²) in [5.74, 6) is 0. The standard InChI is InChI=1S/C11H7F6I2N/c12-10(13,14)7-4-5(18)3-6(8(7)20-19)9(1-2-9)11(15,16)17/h3-4,20H,1-2H2.